The number of ether oxygens (including phenoxy) is 1. The van der Waals surface area contributed by atoms with Crippen LogP contribution in [0, 0.1) is 19.8 Å². The van der Waals surface area contributed by atoms with Crippen LogP contribution in [-0.4, -0.2) is 15.0 Å². The van der Waals surface area contributed by atoms with E-state index in [0.717, 1.165) is 58.4 Å². The van der Waals surface area contributed by atoms with Crippen LogP contribution in [-0.2, 0) is 6.42 Å². The first-order valence-corrected chi connectivity index (χ1v) is 13.0. The molecule has 2 atom stereocenters. The van der Waals surface area contributed by atoms with E-state index in [9.17, 15) is 0 Å². The average molecular weight is 475 g/mol. The second-order valence-electron chi connectivity index (χ2n) is 9.22. The summed E-state index contributed by atoms with van der Waals surface area (Å²) >= 11 is 1.82. The molecule has 0 aliphatic rings. The fourth-order valence-electron chi connectivity index (χ4n) is 4.00. The van der Waals surface area contributed by atoms with Crippen LogP contribution in [0.4, 0.5) is 11.5 Å². The van der Waals surface area contributed by atoms with Crippen LogP contribution in [0.5, 0.6) is 11.5 Å². The van der Waals surface area contributed by atoms with E-state index in [1.54, 1.807) is 12.5 Å². The van der Waals surface area contributed by atoms with Crippen molar-refractivity contribution in [1.29, 1.82) is 0 Å². The lowest BCUT2D eigenvalue weighted by Gasteiger charge is -2.15. The highest BCUT2D eigenvalue weighted by molar-refractivity contribution is 7.19. The maximum absolute atomic E-state index is 6.04. The van der Waals surface area contributed by atoms with Gasteiger partial charge < -0.3 is 10.1 Å². The van der Waals surface area contributed by atoms with Gasteiger partial charge in [0.25, 0.3) is 0 Å². The molecule has 5 nitrogen and oxygen atoms in total. The lowest BCUT2D eigenvalue weighted by Crippen LogP contribution is -2.03. The van der Waals surface area contributed by atoms with Crippen LogP contribution in [0.15, 0.2) is 42.9 Å². The van der Waals surface area contributed by atoms with Crippen molar-refractivity contribution in [3.05, 3.63) is 64.6 Å². The topological polar surface area (TPSA) is 59.9 Å². The number of aryl methyl sites for hydroxylation is 2. The summed E-state index contributed by atoms with van der Waals surface area (Å²) in [6.07, 6.45) is 6.75. The minimum absolute atomic E-state index is 0.515. The molecule has 4 rings (SSSR count). The smallest absolute Gasteiger partial charge is 0.145 e. The van der Waals surface area contributed by atoms with Gasteiger partial charge in [-0.1, -0.05) is 34.1 Å². The predicted molar refractivity (Wildman–Crippen MR) is 143 cm³/mol. The van der Waals surface area contributed by atoms with E-state index in [1.165, 1.54) is 15.8 Å². The Morgan fingerprint density at radius 2 is 1.82 bits per heavy atom. The molecule has 0 fully saturated rings. The zero-order valence-electron chi connectivity index (χ0n) is 21.0. The maximum atomic E-state index is 6.04. The molecular weight excluding hydrogens is 440 g/mol. The van der Waals surface area contributed by atoms with Crippen molar-refractivity contribution >= 4 is 33.1 Å². The summed E-state index contributed by atoms with van der Waals surface area (Å²) in [5.41, 5.74) is 4.41. The molecule has 0 aliphatic carbocycles. The molecule has 0 saturated heterocycles. The molecule has 0 amide bonds. The lowest BCUT2D eigenvalue weighted by molar-refractivity contribution is 0.476. The van der Waals surface area contributed by atoms with Crippen molar-refractivity contribution in [3.8, 4) is 11.5 Å². The SMILES string of the molecule is CC[C@H](C)Cc1c([C@H](C)CC)sc2ncnc(Nc3ccc(Oc4ccc(C)nc4)c(C)c3)c12. The highest BCUT2D eigenvalue weighted by atomic mass is 32.1. The third-order valence-electron chi connectivity index (χ3n) is 6.48. The molecule has 6 heteroatoms. The number of nitrogens with one attached hydrogen (secondary N) is 1. The summed E-state index contributed by atoms with van der Waals surface area (Å²) in [4.78, 5) is 16.1. The maximum Gasteiger partial charge on any atom is 0.145 e. The number of pyridine rings is 1. The van der Waals surface area contributed by atoms with Gasteiger partial charge in [-0.25, -0.2) is 9.97 Å². The molecule has 4 aromatic rings. The Bertz CT molecular complexity index is 1270. The summed E-state index contributed by atoms with van der Waals surface area (Å²) in [5, 5.41) is 4.75. The number of anilines is 2. The zero-order valence-corrected chi connectivity index (χ0v) is 21.8. The normalized spacial score (nSPS) is 13.1. The van der Waals surface area contributed by atoms with Crippen molar-refractivity contribution in [1.82, 2.24) is 15.0 Å². The first-order valence-electron chi connectivity index (χ1n) is 12.1. The summed E-state index contributed by atoms with van der Waals surface area (Å²) in [5.74, 6) is 3.56. The molecule has 0 bridgehead atoms. The minimum Gasteiger partial charge on any atom is -0.455 e. The van der Waals surface area contributed by atoms with Crippen LogP contribution in [0.2, 0.25) is 0 Å². The van der Waals surface area contributed by atoms with Gasteiger partial charge in [0.1, 0.15) is 28.5 Å². The number of fused-ring (bicyclic) bond motifs is 1. The van der Waals surface area contributed by atoms with Crippen molar-refractivity contribution in [3.63, 3.8) is 0 Å². The quantitative estimate of drug-likeness (QED) is 0.264. The van der Waals surface area contributed by atoms with Crippen molar-refractivity contribution < 1.29 is 4.74 Å². The van der Waals surface area contributed by atoms with Crippen LogP contribution in [0.25, 0.3) is 10.2 Å². The third kappa shape index (κ3) is 5.22. The molecule has 1 aromatic carbocycles. The predicted octanol–water partition coefficient (Wildman–Crippen LogP) is 8.34. The second kappa shape index (κ2) is 10.5. The number of hydrogen-bond donors (Lipinski definition) is 1. The molecule has 0 radical (unpaired) electrons. The highest BCUT2D eigenvalue weighted by Crippen LogP contribution is 2.41. The van der Waals surface area contributed by atoms with Crippen LogP contribution >= 0.6 is 11.3 Å². The fourth-order valence-corrected chi connectivity index (χ4v) is 5.31. The van der Waals surface area contributed by atoms with E-state index >= 15 is 0 Å². The minimum atomic E-state index is 0.515. The van der Waals surface area contributed by atoms with E-state index in [4.69, 9.17) is 4.74 Å². The van der Waals surface area contributed by atoms with Crippen LogP contribution < -0.4 is 10.1 Å². The molecule has 1 N–H and O–H groups in total. The van der Waals surface area contributed by atoms with Gasteiger partial charge in [-0.05, 0) is 80.0 Å². The van der Waals surface area contributed by atoms with E-state index < -0.39 is 0 Å². The fraction of sp³-hybridized carbons (Fsp3) is 0.393. The van der Waals surface area contributed by atoms with E-state index in [0.29, 0.717) is 11.8 Å². The van der Waals surface area contributed by atoms with Crippen LogP contribution in [0.3, 0.4) is 0 Å². The van der Waals surface area contributed by atoms with Crippen molar-refractivity contribution in [2.75, 3.05) is 5.32 Å². The summed E-state index contributed by atoms with van der Waals surface area (Å²) in [7, 11) is 0. The molecule has 0 aliphatic heterocycles. The Morgan fingerprint density at radius 3 is 2.50 bits per heavy atom. The molecule has 34 heavy (non-hydrogen) atoms. The van der Waals surface area contributed by atoms with Gasteiger partial charge in [-0.2, -0.15) is 0 Å². The van der Waals surface area contributed by atoms with Gasteiger partial charge in [0, 0.05) is 16.3 Å². The monoisotopic (exact) mass is 474 g/mol. The third-order valence-corrected chi connectivity index (χ3v) is 7.85. The number of nitrogens with zero attached hydrogens (tertiary/aromatic N) is 3. The summed E-state index contributed by atoms with van der Waals surface area (Å²) < 4.78 is 6.04. The van der Waals surface area contributed by atoms with Crippen molar-refractivity contribution in [2.24, 2.45) is 5.92 Å². The standard InChI is InChI=1S/C28H34N4OS/c1-7-17(3)13-23-25-27(30-16-31-28(25)34-26(23)18(4)8-2)32-21-10-12-24(19(5)14-21)33-22-11-9-20(6)29-15-22/h9-12,14-18H,7-8,13H2,1-6H3,(H,30,31,32)/t17-,18+/m0/s1. The number of aromatic nitrogens is 3. The molecular formula is C28H34N4OS. The molecule has 0 saturated carbocycles. The van der Waals surface area contributed by atoms with Gasteiger partial charge in [0.15, 0.2) is 0 Å². The molecule has 0 spiro atoms. The first-order chi connectivity index (χ1) is 16.4. The van der Waals surface area contributed by atoms with Gasteiger partial charge in [-0.15, -0.1) is 11.3 Å². The van der Waals surface area contributed by atoms with Gasteiger partial charge in [-0.3, -0.25) is 4.98 Å². The van der Waals surface area contributed by atoms with Crippen LogP contribution in [0.1, 0.15) is 68.2 Å². The second-order valence-corrected chi connectivity index (χ2v) is 10.2. The lowest BCUT2D eigenvalue weighted by atomic mass is 9.93. The molecule has 3 heterocycles. The van der Waals surface area contributed by atoms with E-state index in [-0.39, 0.29) is 0 Å². The van der Waals surface area contributed by atoms with Gasteiger partial charge in [0.05, 0.1) is 11.6 Å². The van der Waals surface area contributed by atoms with E-state index in [2.05, 4.69) is 61.0 Å². The first kappa shape index (κ1) is 24.1. The average Bonchev–Trinajstić information content (AvgIpc) is 3.20. The Morgan fingerprint density at radius 1 is 1.00 bits per heavy atom. The Kier molecular flexibility index (Phi) is 7.47. The largest absolute Gasteiger partial charge is 0.455 e. The summed E-state index contributed by atoms with van der Waals surface area (Å²) in [6.45, 7) is 13.2. The van der Waals surface area contributed by atoms with Crippen molar-refractivity contribution in [2.45, 2.75) is 66.7 Å². The number of benzene rings is 1. The zero-order chi connectivity index (χ0) is 24.2. The Labute approximate surface area is 206 Å². The number of thiophene rings is 1. The molecule has 3 aromatic heterocycles. The Hall–Kier alpha value is -2.99. The van der Waals surface area contributed by atoms with Gasteiger partial charge in [0.2, 0.25) is 0 Å². The highest BCUT2D eigenvalue weighted by Gasteiger charge is 2.22. The Balaban J connectivity index is 1.66. The van der Waals surface area contributed by atoms with E-state index in [1.807, 2.05) is 42.5 Å². The van der Waals surface area contributed by atoms with Gasteiger partial charge >= 0.3 is 0 Å². The number of hydrogen-bond acceptors (Lipinski definition) is 6. The molecule has 0 unspecified atom stereocenters. The summed E-state index contributed by atoms with van der Waals surface area (Å²) in [6, 6.07) is 10.0. The molecule has 178 valence electrons. The number of rotatable bonds is 9.